The number of nitrogens with zero attached hydrogens (tertiary/aromatic N) is 3. The lowest BCUT2D eigenvalue weighted by Gasteiger charge is -2.36. The Kier molecular flexibility index (Phi) is 3.86. The maximum atomic E-state index is 13.8. The Labute approximate surface area is 187 Å². The number of nitro benzene ring substituents is 1. The van der Waals surface area contributed by atoms with Gasteiger partial charge in [-0.05, 0) is 31.5 Å². The van der Waals surface area contributed by atoms with Crippen molar-refractivity contribution >= 4 is 46.4 Å². The Morgan fingerprint density at radius 1 is 1.12 bits per heavy atom. The molecule has 4 aliphatic rings. The maximum Gasteiger partial charge on any atom is 0.271 e. The molecule has 6 rings (SSSR count). The van der Waals surface area contributed by atoms with Gasteiger partial charge in [0, 0.05) is 23.7 Å². The number of hydrogen-bond acceptors (Lipinski definition) is 6. The van der Waals surface area contributed by atoms with Gasteiger partial charge in [-0.1, -0.05) is 29.8 Å². The topological polar surface area (TPSA) is 113 Å². The van der Waals surface area contributed by atoms with E-state index >= 15 is 0 Å². The number of non-ortho nitro benzene ring substituents is 1. The molecule has 162 valence electrons. The Morgan fingerprint density at radius 3 is 2.69 bits per heavy atom. The van der Waals surface area contributed by atoms with Crippen LogP contribution >= 0.6 is 11.6 Å². The molecular weight excluding hydrogens is 436 g/mol. The number of nitrogens with one attached hydrogen (secondary N) is 1. The number of nitro groups is 1. The highest BCUT2D eigenvalue weighted by Gasteiger charge is 2.74. The Bertz CT molecular complexity index is 1250. The van der Waals surface area contributed by atoms with Crippen LogP contribution in [0.25, 0.3) is 0 Å². The second-order valence-electron chi connectivity index (χ2n) is 8.58. The first kappa shape index (κ1) is 19.4. The summed E-state index contributed by atoms with van der Waals surface area (Å²) in [5, 5.41) is 14.5. The van der Waals surface area contributed by atoms with Crippen LogP contribution in [-0.4, -0.2) is 40.1 Å². The van der Waals surface area contributed by atoms with Crippen molar-refractivity contribution in [1.82, 2.24) is 4.90 Å². The molecule has 0 aromatic heterocycles. The van der Waals surface area contributed by atoms with Gasteiger partial charge in [0.1, 0.15) is 5.54 Å². The van der Waals surface area contributed by atoms with E-state index in [9.17, 15) is 24.5 Å². The van der Waals surface area contributed by atoms with Gasteiger partial charge in [0.25, 0.3) is 11.6 Å². The predicted octanol–water partition coefficient (Wildman–Crippen LogP) is 2.68. The number of rotatable bonds is 2. The summed E-state index contributed by atoms with van der Waals surface area (Å²) >= 11 is 6.36. The van der Waals surface area contributed by atoms with E-state index in [0.717, 1.165) is 11.3 Å². The van der Waals surface area contributed by atoms with Crippen LogP contribution in [-0.2, 0) is 19.9 Å². The molecule has 10 heteroatoms. The van der Waals surface area contributed by atoms with E-state index < -0.39 is 34.1 Å². The maximum absolute atomic E-state index is 13.8. The number of carbonyl (C=O) groups is 3. The standard InChI is InChI=1S/C22H17ClN4O5/c23-14-7-2-6-13-18(14)24-21(30)22(13)17-16(15-8-3-9-25(15)22)19(28)26(20(17)29)11-4-1-5-12(10-11)27(31)32/h1-2,4-7,10,15-17H,3,8-9H2,(H,24,30)/t15-,16+,17-,22+/m0/s1. The van der Waals surface area contributed by atoms with E-state index in [-0.39, 0.29) is 23.3 Å². The van der Waals surface area contributed by atoms with Gasteiger partial charge in [0.15, 0.2) is 0 Å². The van der Waals surface area contributed by atoms with Gasteiger partial charge in [0.2, 0.25) is 11.8 Å². The second kappa shape index (κ2) is 6.36. The summed E-state index contributed by atoms with van der Waals surface area (Å²) in [6.07, 6.45) is 1.49. The normalized spacial score (nSPS) is 30.6. The van der Waals surface area contributed by atoms with Gasteiger partial charge in [-0.3, -0.25) is 29.4 Å². The number of anilines is 2. The number of imide groups is 1. The summed E-state index contributed by atoms with van der Waals surface area (Å²) in [7, 11) is 0. The van der Waals surface area contributed by atoms with Crippen LogP contribution in [0.1, 0.15) is 18.4 Å². The van der Waals surface area contributed by atoms with Gasteiger partial charge >= 0.3 is 0 Å². The molecular formula is C22H17ClN4O5. The SMILES string of the molecule is O=C1[C@H]2[C@@H](C(=O)N1c1cccc([N+](=O)[O-])c1)[C@]1(C(=O)Nc3c(Cl)cccc31)N1CCC[C@@H]21. The van der Waals surface area contributed by atoms with Crippen molar-refractivity contribution in [2.45, 2.75) is 24.4 Å². The van der Waals surface area contributed by atoms with Gasteiger partial charge < -0.3 is 5.32 Å². The highest BCUT2D eigenvalue weighted by atomic mass is 35.5. The fourth-order valence-corrected chi connectivity index (χ4v) is 6.42. The molecule has 3 saturated heterocycles. The summed E-state index contributed by atoms with van der Waals surface area (Å²) in [4.78, 5) is 54.6. The van der Waals surface area contributed by atoms with Gasteiger partial charge in [-0.2, -0.15) is 0 Å². The van der Waals surface area contributed by atoms with Gasteiger partial charge in [0.05, 0.1) is 33.2 Å². The summed E-state index contributed by atoms with van der Waals surface area (Å²) < 4.78 is 0. The molecule has 3 fully saturated rings. The van der Waals surface area contributed by atoms with Crippen molar-refractivity contribution in [2.24, 2.45) is 11.8 Å². The minimum atomic E-state index is -1.33. The monoisotopic (exact) mass is 452 g/mol. The fraction of sp³-hybridized carbons (Fsp3) is 0.318. The van der Waals surface area contributed by atoms with Crippen molar-refractivity contribution in [3.8, 4) is 0 Å². The lowest BCUT2D eigenvalue weighted by molar-refractivity contribution is -0.384. The van der Waals surface area contributed by atoms with Gasteiger partial charge in [-0.15, -0.1) is 0 Å². The van der Waals surface area contributed by atoms with Crippen molar-refractivity contribution in [2.75, 3.05) is 16.8 Å². The molecule has 0 radical (unpaired) electrons. The Balaban J connectivity index is 1.54. The molecule has 1 spiro atoms. The van der Waals surface area contributed by atoms with Gasteiger partial charge in [-0.25, -0.2) is 4.90 Å². The first-order valence-corrected chi connectivity index (χ1v) is 10.7. The average Bonchev–Trinajstić information content (AvgIpc) is 3.47. The Morgan fingerprint density at radius 2 is 1.91 bits per heavy atom. The molecule has 0 unspecified atom stereocenters. The largest absolute Gasteiger partial charge is 0.323 e. The molecule has 32 heavy (non-hydrogen) atoms. The van der Waals surface area contributed by atoms with Crippen molar-refractivity contribution in [3.05, 3.63) is 63.2 Å². The third-order valence-electron chi connectivity index (χ3n) is 7.28. The lowest BCUT2D eigenvalue weighted by Crippen LogP contribution is -2.54. The third kappa shape index (κ3) is 2.14. The molecule has 2 aromatic carbocycles. The minimum Gasteiger partial charge on any atom is -0.323 e. The number of amides is 3. The zero-order chi connectivity index (χ0) is 22.4. The van der Waals surface area contributed by atoms with E-state index in [1.807, 2.05) is 4.90 Å². The molecule has 4 heterocycles. The molecule has 4 atom stereocenters. The number of carbonyl (C=O) groups excluding carboxylic acids is 3. The minimum absolute atomic E-state index is 0.146. The summed E-state index contributed by atoms with van der Waals surface area (Å²) in [5.41, 5.74) is -0.314. The molecule has 0 aliphatic carbocycles. The zero-order valence-corrected chi connectivity index (χ0v) is 17.4. The number of fused-ring (bicyclic) bond motifs is 7. The van der Waals surface area contributed by atoms with E-state index in [1.165, 1.54) is 24.3 Å². The number of para-hydroxylation sites is 1. The van der Waals surface area contributed by atoms with Crippen LogP contribution in [0.2, 0.25) is 5.02 Å². The highest BCUT2D eigenvalue weighted by Crippen LogP contribution is 2.61. The number of hydrogen-bond donors (Lipinski definition) is 1. The lowest BCUT2D eigenvalue weighted by atomic mass is 9.75. The fourth-order valence-electron chi connectivity index (χ4n) is 6.19. The smallest absolute Gasteiger partial charge is 0.271 e. The quantitative estimate of drug-likeness (QED) is 0.426. The second-order valence-corrected chi connectivity index (χ2v) is 8.99. The molecule has 9 nitrogen and oxygen atoms in total. The zero-order valence-electron chi connectivity index (χ0n) is 16.7. The Hall–Kier alpha value is -3.30. The van der Waals surface area contributed by atoms with E-state index in [4.69, 9.17) is 11.6 Å². The third-order valence-corrected chi connectivity index (χ3v) is 7.59. The molecule has 1 N–H and O–H groups in total. The predicted molar refractivity (Wildman–Crippen MR) is 114 cm³/mol. The first-order chi connectivity index (χ1) is 15.4. The van der Waals surface area contributed by atoms with Crippen LogP contribution in [0.3, 0.4) is 0 Å². The van der Waals surface area contributed by atoms with E-state index in [0.29, 0.717) is 29.2 Å². The van der Waals surface area contributed by atoms with E-state index in [2.05, 4.69) is 5.32 Å². The summed E-state index contributed by atoms with van der Waals surface area (Å²) in [5.74, 6) is -2.93. The van der Waals surface area contributed by atoms with Crippen LogP contribution in [0.15, 0.2) is 42.5 Å². The van der Waals surface area contributed by atoms with Crippen LogP contribution in [0.5, 0.6) is 0 Å². The molecule has 0 bridgehead atoms. The molecule has 0 saturated carbocycles. The van der Waals surface area contributed by atoms with Crippen LogP contribution < -0.4 is 10.2 Å². The van der Waals surface area contributed by atoms with Crippen LogP contribution in [0.4, 0.5) is 17.1 Å². The highest BCUT2D eigenvalue weighted by molar-refractivity contribution is 6.35. The number of benzene rings is 2. The van der Waals surface area contributed by atoms with Crippen LogP contribution in [0, 0.1) is 22.0 Å². The van der Waals surface area contributed by atoms with Crippen molar-refractivity contribution in [1.29, 1.82) is 0 Å². The van der Waals surface area contributed by atoms with Crippen molar-refractivity contribution in [3.63, 3.8) is 0 Å². The summed E-state index contributed by atoms with van der Waals surface area (Å²) in [6, 6.07) is 10.4. The molecule has 4 aliphatic heterocycles. The summed E-state index contributed by atoms with van der Waals surface area (Å²) in [6.45, 7) is 0.592. The average molecular weight is 453 g/mol. The molecule has 2 aromatic rings. The first-order valence-electron chi connectivity index (χ1n) is 10.4. The molecule has 3 amide bonds. The number of halogens is 1. The van der Waals surface area contributed by atoms with E-state index in [1.54, 1.807) is 18.2 Å². The van der Waals surface area contributed by atoms with Crippen molar-refractivity contribution < 1.29 is 19.3 Å².